The average molecular weight is 397 g/mol. The third-order valence-corrected chi connectivity index (χ3v) is 5.15. The van der Waals surface area contributed by atoms with Crippen LogP contribution in [-0.2, 0) is 0 Å². The molecule has 1 fully saturated rings. The van der Waals surface area contributed by atoms with Gasteiger partial charge in [0.1, 0.15) is 5.02 Å². The number of nitro groups is 1. The fourth-order valence-electron chi connectivity index (χ4n) is 3.16. The Morgan fingerprint density at radius 1 is 1.14 bits per heavy atom. The Hall–Kier alpha value is -3.19. The van der Waals surface area contributed by atoms with Gasteiger partial charge in [-0.15, -0.1) is 0 Å². The molecule has 1 saturated carbocycles. The fourth-order valence-corrected chi connectivity index (χ4v) is 3.35. The quantitative estimate of drug-likeness (QED) is 0.494. The van der Waals surface area contributed by atoms with Crippen LogP contribution >= 0.6 is 11.6 Å². The van der Waals surface area contributed by atoms with Crippen molar-refractivity contribution < 1.29 is 4.92 Å². The topological polar surface area (TPSA) is 90.1 Å². The molecule has 1 aliphatic rings. The molecule has 7 nitrogen and oxygen atoms in total. The number of nitrogens with one attached hydrogen (secondary N) is 1. The molecule has 0 amide bonds. The summed E-state index contributed by atoms with van der Waals surface area (Å²) in [6.45, 7) is 0. The minimum atomic E-state index is -0.498. The molecule has 0 radical (unpaired) electrons. The first-order valence-corrected chi connectivity index (χ1v) is 9.26. The number of non-ortho nitro benzene ring substituents is 1. The smallest absolute Gasteiger partial charge is 0.292 e. The lowest BCUT2D eigenvalue weighted by molar-refractivity contribution is -0.384. The summed E-state index contributed by atoms with van der Waals surface area (Å²) in [5.74, 6) is 0.496. The summed E-state index contributed by atoms with van der Waals surface area (Å²) < 4.78 is 1.13. The van der Waals surface area contributed by atoms with E-state index in [9.17, 15) is 14.9 Å². The molecule has 1 aliphatic carbocycles. The van der Waals surface area contributed by atoms with E-state index in [4.69, 9.17) is 11.6 Å². The normalized spacial score (nSPS) is 14.5. The van der Waals surface area contributed by atoms with Crippen molar-refractivity contribution in [2.24, 2.45) is 5.92 Å². The van der Waals surface area contributed by atoms with Crippen LogP contribution in [0.25, 0.3) is 5.69 Å². The van der Waals surface area contributed by atoms with Crippen molar-refractivity contribution in [2.45, 2.75) is 18.9 Å². The standard InChI is InChI=1S/C20H17ClN4O3/c21-18-17(23-19(14-6-7-14)13-4-2-1-3-5-13)12-22-24(20(18)26)15-8-10-16(11-9-15)25(27)28/h1-5,8-12,14,19,23H,6-7H2. The van der Waals surface area contributed by atoms with E-state index >= 15 is 0 Å². The fraction of sp³-hybridized carbons (Fsp3) is 0.200. The molecule has 0 aliphatic heterocycles. The third kappa shape index (κ3) is 3.61. The first-order chi connectivity index (χ1) is 13.5. The first-order valence-electron chi connectivity index (χ1n) is 8.89. The minimum absolute atomic E-state index is 0.0370. The summed E-state index contributed by atoms with van der Waals surface area (Å²) in [6.07, 6.45) is 3.76. The summed E-state index contributed by atoms with van der Waals surface area (Å²) in [5.41, 5.74) is 1.48. The molecule has 0 saturated heterocycles. The molecule has 0 spiro atoms. The molecule has 8 heteroatoms. The van der Waals surface area contributed by atoms with Gasteiger partial charge in [-0.1, -0.05) is 41.9 Å². The summed E-state index contributed by atoms with van der Waals surface area (Å²) in [7, 11) is 0. The maximum atomic E-state index is 12.7. The van der Waals surface area contributed by atoms with Crippen LogP contribution in [0.2, 0.25) is 5.02 Å². The molecule has 1 unspecified atom stereocenters. The predicted molar refractivity (Wildman–Crippen MR) is 107 cm³/mol. The van der Waals surface area contributed by atoms with E-state index in [1.54, 1.807) is 0 Å². The monoisotopic (exact) mass is 396 g/mol. The van der Waals surface area contributed by atoms with Crippen LogP contribution in [0.1, 0.15) is 24.4 Å². The minimum Gasteiger partial charge on any atom is -0.375 e. The number of hydrogen-bond acceptors (Lipinski definition) is 5. The van der Waals surface area contributed by atoms with Crippen molar-refractivity contribution in [2.75, 3.05) is 5.32 Å². The van der Waals surface area contributed by atoms with E-state index in [1.165, 1.54) is 30.5 Å². The van der Waals surface area contributed by atoms with Gasteiger partial charge in [0, 0.05) is 12.1 Å². The molecule has 28 heavy (non-hydrogen) atoms. The lowest BCUT2D eigenvalue weighted by atomic mass is 10.0. The van der Waals surface area contributed by atoms with E-state index in [1.807, 2.05) is 18.2 Å². The van der Waals surface area contributed by atoms with E-state index in [0.29, 0.717) is 17.3 Å². The Kier molecular flexibility index (Phi) is 4.83. The average Bonchev–Trinajstić information content (AvgIpc) is 3.55. The van der Waals surface area contributed by atoms with Crippen LogP contribution < -0.4 is 10.9 Å². The largest absolute Gasteiger partial charge is 0.375 e. The van der Waals surface area contributed by atoms with E-state index < -0.39 is 10.5 Å². The molecule has 4 rings (SSSR count). The Labute approximate surface area is 165 Å². The highest BCUT2D eigenvalue weighted by atomic mass is 35.5. The molecular formula is C20H17ClN4O3. The van der Waals surface area contributed by atoms with Gasteiger partial charge in [-0.05, 0) is 36.5 Å². The van der Waals surface area contributed by atoms with Crippen molar-refractivity contribution >= 4 is 23.0 Å². The molecule has 1 aromatic heterocycles. The van der Waals surface area contributed by atoms with Crippen LogP contribution in [0.5, 0.6) is 0 Å². The summed E-state index contributed by atoms with van der Waals surface area (Å²) in [4.78, 5) is 23.0. The van der Waals surface area contributed by atoms with Crippen LogP contribution in [0.4, 0.5) is 11.4 Å². The number of nitrogens with zero attached hydrogens (tertiary/aromatic N) is 3. The maximum Gasteiger partial charge on any atom is 0.292 e. The molecule has 1 heterocycles. The zero-order chi connectivity index (χ0) is 19.7. The highest BCUT2D eigenvalue weighted by Gasteiger charge is 2.33. The second-order valence-corrected chi connectivity index (χ2v) is 7.11. The zero-order valence-corrected chi connectivity index (χ0v) is 15.5. The Bertz CT molecular complexity index is 1060. The van der Waals surface area contributed by atoms with Crippen LogP contribution in [0.3, 0.4) is 0 Å². The highest BCUT2D eigenvalue weighted by molar-refractivity contribution is 6.33. The summed E-state index contributed by atoms with van der Waals surface area (Å²) in [6, 6.07) is 15.7. The first kappa shape index (κ1) is 18.2. The molecular weight excluding hydrogens is 380 g/mol. The van der Waals surface area contributed by atoms with Gasteiger partial charge in [-0.25, -0.2) is 0 Å². The van der Waals surface area contributed by atoms with Crippen molar-refractivity contribution in [3.63, 3.8) is 0 Å². The molecule has 142 valence electrons. The number of benzene rings is 2. The third-order valence-electron chi connectivity index (χ3n) is 4.79. The Morgan fingerprint density at radius 2 is 1.82 bits per heavy atom. The second kappa shape index (κ2) is 7.44. The van der Waals surface area contributed by atoms with Crippen LogP contribution in [-0.4, -0.2) is 14.7 Å². The number of hydrogen-bond donors (Lipinski definition) is 1. The van der Waals surface area contributed by atoms with E-state index in [2.05, 4.69) is 22.5 Å². The molecule has 1 atom stereocenters. The Balaban J connectivity index is 1.64. The van der Waals surface area contributed by atoms with Gasteiger partial charge in [0.25, 0.3) is 11.2 Å². The van der Waals surface area contributed by atoms with Crippen molar-refractivity contribution in [1.29, 1.82) is 0 Å². The maximum absolute atomic E-state index is 12.7. The van der Waals surface area contributed by atoms with Crippen molar-refractivity contribution in [1.82, 2.24) is 9.78 Å². The predicted octanol–water partition coefficient (Wildman–Crippen LogP) is 4.36. The van der Waals surface area contributed by atoms with E-state index in [-0.39, 0.29) is 16.8 Å². The van der Waals surface area contributed by atoms with Crippen LogP contribution in [0, 0.1) is 16.0 Å². The van der Waals surface area contributed by atoms with Gasteiger partial charge < -0.3 is 5.32 Å². The van der Waals surface area contributed by atoms with Gasteiger partial charge in [0.05, 0.1) is 28.5 Å². The number of halogens is 1. The van der Waals surface area contributed by atoms with Gasteiger partial charge >= 0.3 is 0 Å². The van der Waals surface area contributed by atoms with Gasteiger partial charge in [0.15, 0.2) is 0 Å². The molecule has 1 N–H and O–H groups in total. The number of aromatic nitrogens is 2. The van der Waals surface area contributed by atoms with Gasteiger partial charge in [-0.2, -0.15) is 9.78 Å². The summed E-state index contributed by atoms with van der Waals surface area (Å²) >= 11 is 6.34. The number of nitro benzene ring substituents is 1. The zero-order valence-electron chi connectivity index (χ0n) is 14.8. The molecule has 0 bridgehead atoms. The Morgan fingerprint density at radius 3 is 2.43 bits per heavy atom. The van der Waals surface area contributed by atoms with Crippen LogP contribution in [0.15, 0.2) is 65.6 Å². The lowest BCUT2D eigenvalue weighted by Gasteiger charge is -2.20. The highest BCUT2D eigenvalue weighted by Crippen LogP contribution is 2.43. The number of anilines is 1. The molecule has 2 aromatic carbocycles. The van der Waals surface area contributed by atoms with Crippen molar-refractivity contribution in [3.8, 4) is 5.69 Å². The van der Waals surface area contributed by atoms with Crippen molar-refractivity contribution in [3.05, 3.63) is 91.8 Å². The lowest BCUT2D eigenvalue weighted by Crippen LogP contribution is -2.24. The van der Waals surface area contributed by atoms with Gasteiger partial charge in [-0.3, -0.25) is 14.9 Å². The van der Waals surface area contributed by atoms with Gasteiger partial charge in [0.2, 0.25) is 0 Å². The number of rotatable bonds is 6. The SMILES string of the molecule is O=c1c(Cl)c(NC(c2ccccc2)C2CC2)cnn1-c1ccc([N+](=O)[O-])cc1. The molecule has 3 aromatic rings. The second-order valence-electron chi connectivity index (χ2n) is 6.73. The van der Waals surface area contributed by atoms with E-state index in [0.717, 1.165) is 23.1 Å². The summed E-state index contributed by atoms with van der Waals surface area (Å²) in [5, 5.41) is 18.4.